The van der Waals surface area contributed by atoms with Crippen LogP contribution >= 0.6 is 0 Å². The van der Waals surface area contributed by atoms with Crippen LogP contribution < -0.4 is 0 Å². The number of hydrogen-bond donors (Lipinski definition) is 1. The van der Waals surface area contributed by atoms with Gasteiger partial charge in [0, 0.05) is 26.7 Å². The van der Waals surface area contributed by atoms with Crippen LogP contribution in [0.5, 0.6) is 0 Å². The SMILES string of the molecule is CC1CCN(C(=O)N(C)CC2CCCO2)C1C(=O)O. The van der Waals surface area contributed by atoms with Crippen LogP contribution in [-0.4, -0.2) is 65.8 Å². The zero-order valence-electron chi connectivity index (χ0n) is 11.5. The standard InChI is InChI=1S/C13H22N2O4/c1-9-5-6-15(11(9)12(16)17)13(18)14(2)8-10-4-3-7-19-10/h9-11H,3-8H2,1-2H3,(H,16,17). The van der Waals surface area contributed by atoms with E-state index in [2.05, 4.69) is 0 Å². The summed E-state index contributed by atoms with van der Waals surface area (Å²) in [6.45, 7) is 3.69. The monoisotopic (exact) mass is 270 g/mol. The predicted octanol–water partition coefficient (Wildman–Crippen LogP) is 1.01. The first-order chi connectivity index (χ1) is 9.00. The lowest BCUT2D eigenvalue weighted by Gasteiger charge is -2.29. The predicted molar refractivity (Wildman–Crippen MR) is 68.9 cm³/mol. The number of aliphatic carboxylic acids is 1. The van der Waals surface area contributed by atoms with Gasteiger partial charge in [-0.25, -0.2) is 9.59 Å². The van der Waals surface area contributed by atoms with Crippen LogP contribution in [0.2, 0.25) is 0 Å². The van der Waals surface area contributed by atoms with E-state index in [0.717, 1.165) is 25.9 Å². The van der Waals surface area contributed by atoms with Crippen LogP contribution in [0.1, 0.15) is 26.2 Å². The van der Waals surface area contributed by atoms with Crippen LogP contribution in [0.25, 0.3) is 0 Å². The number of rotatable bonds is 3. The summed E-state index contributed by atoms with van der Waals surface area (Å²) in [6, 6.07) is -0.897. The van der Waals surface area contributed by atoms with Gasteiger partial charge in [-0.05, 0) is 25.2 Å². The van der Waals surface area contributed by atoms with Gasteiger partial charge in [-0.1, -0.05) is 6.92 Å². The van der Waals surface area contributed by atoms with E-state index in [-0.39, 0.29) is 18.1 Å². The van der Waals surface area contributed by atoms with Crippen molar-refractivity contribution in [3.05, 3.63) is 0 Å². The van der Waals surface area contributed by atoms with Gasteiger partial charge >= 0.3 is 12.0 Å². The number of urea groups is 1. The van der Waals surface area contributed by atoms with Crippen molar-refractivity contribution in [2.75, 3.05) is 26.7 Å². The third-order valence-corrected chi connectivity index (χ3v) is 4.03. The molecule has 0 bridgehead atoms. The Kier molecular flexibility index (Phi) is 4.29. The molecule has 2 rings (SSSR count). The van der Waals surface area contributed by atoms with Crippen molar-refractivity contribution in [3.63, 3.8) is 0 Å². The summed E-state index contributed by atoms with van der Waals surface area (Å²) in [6.07, 6.45) is 2.84. The largest absolute Gasteiger partial charge is 0.480 e. The fourth-order valence-electron chi connectivity index (χ4n) is 2.93. The lowest BCUT2D eigenvalue weighted by Crippen LogP contribution is -2.49. The molecular weight excluding hydrogens is 248 g/mol. The van der Waals surface area contributed by atoms with Crippen LogP contribution in [0, 0.1) is 5.92 Å². The highest BCUT2D eigenvalue weighted by molar-refractivity contribution is 5.83. The Hall–Kier alpha value is -1.30. The first kappa shape index (κ1) is 14.1. The molecule has 2 saturated heterocycles. The third kappa shape index (κ3) is 3.00. The Labute approximate surface area is 113 Å². The second kappa shape index (κ2) is 5.77. The van der Waals surface area contributed by atoms with Gasteiger partial charge < -0.3 is 19.6 Å². The van der Waals surface area contributed by atoms with Crippen molar-refractivity contribution in [3.8, 4) is 0 Å². The molecule has 108 valence electrons. The van der Waals surface area contributed by atoms with Gasteiger partial charge in [0.2, 0.25) is 0 Å². The number of carboxylic acids is 1. The van der Waals surface area contributed by atoms with Gasteiger partial charge in [-0.2, -0.15) is 0 Å². The number of likely N-dealkylation sites (tertiary alicyclic amines) is 1. The molecule has 0 spiro atoms. The quantitative estimate of drug-likeness (QED) is 0.831. The molecule has 0 aromatic rings. The van der Waals surface area contributed by atoms with Gasteiger partial charge in [0.25, 0.3) is 0 Å². The molecule has 2 fully saturated rings. The molecule has 0 aliphatic carbocycles. The highest BCUT2D eigenvalue weighted by Gasteiger charge is 2.40. The normalized spacial score (nSPS) is 30.6. The molecule has 0 saturated carbocycles. The summed E-state index contributed by atoms with van der Waals surface area (Å²) >= 11 is 0. The average Bonchev–Trinajstić information content (AvgIpc) is 2.97. The highest BCUT2D eigenvalue weighted by atomic mass is 16.5. The van der Waals surface area contributed by atoms with Crippen molar-refractivity contribution in [2.45, 2.75) is 38.3 Å². The van der Waals surface area contributed by atoms with Crippen molar-refractivity contribution in [2.24, 2.45) is 5.92 Å². The fraction of sp³-hybridized carbons (Fsp3) is 0.846. The molecule has 2 aliphatic heterocycles. The second-order valence-corrected chi connectivity index (χ2v) is 5.54. The van der Waals surface area contributed by atoms with Crippen molar-refractivity contribution in [1.82, 2.24) is 9.80 Å². The third-order valence-electron chi connectivity index (χ3n) is 4.03. The first-order valence-electron chi connectivity index (χ1n) is 6.87. The van der Waals surface area contributed by atoms with Gasteiger partial charge in [-0.15, -0.1) is 0 Å². The van der Waals surface area contributed by atoms with Crippen LogP contribution in [0.4, 0.5) is 4.79 Å². The molecule has 0 aromatic carbocycles. The fourth-order valence-corrected chi connectivity index (χ4v) is 2.93. The minimum absolute atomic E-state index is 0.0116. The Morgan fingerprint density at radius 1 is 1.42 bits per heavy atom. The van der Waals surface area contributed by atoms with Crippen LogP contribution in [0.3, 0.4) is 0 Å². The van der Waals surface area contributed by atoms with E-state index in [9.17, 15) is 14.7 Å². The van der Waals surface area contributed by atoms with Gasteiger partial charge in [-0.3, -0.25) is 0 Å². The number of carbonyl (C=O) groups is 2. The second-order valence-electron chi connectivity index (χ2n) is 5.54. The number of carbonyl (C=O) groups excluding carboxylic acids is 1. The molecule has 3 atom stereocenters. The maximum atomic E-state index is 12.3. The Morgan fingerprint density at radius 2 is 2.16 bits per heavy atom. The van der Waals surface area contributed by atoms with Crippen molar-refractivity contribution in [1.29, 1.82) is 0 Å². The molecule has 2 aliphatic rings. The number of hydrogen-bond acceptors (Lipinski definition) is 3. The summed E-state index contributed by atoms with van der Waals surface area (Å²) < 4.78 is 5.50. The summed E-state index contributed by atoms with van der Waals surface area (Å²) in [5, 5.41) is 9.23. The van der Waals surface area contributed by atoms with Gasteiger partial charge in [0.05, 0.1) is 6.10 Å². The summed E-state index contributed by atoms with van der Waals surface area (Å²) in [5.74, 6) is -0.901. The van der Waals surface area contributed by atoms with E-state index >= 15 is 0 Å². The zero-order valence-corrected chi connectivity index (χ0v) is 11.5. The topological polar surface area (TPSA) is 70.1 Å². The molecule has 3 unspecified atom stereocenters. The molecular formula is C13H22N2O4. The molecule has 0 aromatic heterocycles. The molecule has 6 nitrogen and oxygen atoms in total. The molecule has 6 heteroatoms. The lowest BCUT2D eigenvalue weighted by molar-refractivity contribution is -0.142. The summed E-state index contributed by atoms with van der Waals surface area (Å²) in [4.78, 5) is 26.6. The van der Waals surface area contributed by atoms with Crippen LogP contribution in [-0.2, 0) is 9.53 Å². The maximum Gasteiger partial charge on any atom is 0.326 e. The maximum absolute atomic E-state index is 12.3. The lowest BCUT2D eigenvalue weighted by atomic mass is 10.0. The average molecular weight is 270 g/mol. The Balaban J connectivity index is 1.95. The van der Waals surface area contributed by atoms with E-state index in [0.29, 0.717) is 13.1 Å². The van der Waals surface area contributed by atoms with Crippen LogP contribution in [0.15, 0.2) is 0 Å². The van der Waals surface area contributed by atoms with E-state index in [4.69, 9.17) is 4.74 Å². The Morgan fingerprint density at radius 3 is 2.74 bits per heavy atom. The molecule has 0 radical (unpaired) electrons. The van der Waals surface area contributed by atoms with E-state index in [1.165, 1.54) is 4.90 Å². The molecule has 1 N–H and O–H groups in total. The van der Waals surface area contributed by atoms with E-state index in [1.54, 1.807) is 11.9 Å². The van der Waals surface area contributed by atoms with E-state index < -0.39 is 12.0 Å². The highest BCUT2D eigenvalue weighted by Crippen LogP contribution is 2.25. The number of likely N-dealkylation sites (N-methyl/N-ethyl adjacent to an activating group) is 1. The number of nitrogens with zero attached hydrogens (tertiary/aromatic N) is 2. The number of ether oxygens (including phenoxy) is 1. The smallest absolute Gasteiger partial charge is 0.326 e. The minimum Gasteiger partial charge on any atom is -0.480 e. The van der Waals surface area contributed by atoms with Gasteiger partial charge in [0.15, 0.2) is 0 Å². The zero-order chi connectivity index (χ0) is 14.0. The number of carboxylic acid groups (broad SMARTS) is 1. The summed E-state index contributed by atoms with van der Waals surface area (Å²) in [5.41, 5.74) is 0. The minimum atomic E-state index is -0.913. The number of amides is 2. The molecule has 2 heterocycles. The molecule has 19 heavy (non-hydrogen) atoms. The van der Waals surface area contributed by atoms with E-state index in [1.807, 2.05) is 6.92 Å². The Bertz CT molecular complexity index is 355. The molecule has 2 amide bonds. The van der Waals surface area contributed by atoms with Crippen molar-refractivity contribution >= 4 is 12.0 Å². The first-order valence-corrected chi connectivity index (χ1v) is 6.87. The van der Waals surface area contributed by atoms with Gasteiger partial charge in [0.1, 0.15) is 6.04 Å². The summed E-state index contributed by atoms with van der Waals surface area (Å²) in [7, 11) is 1.71. The van der Waals surface area contributed by atoms with Crippen molar-refractivity contribution < 1.29 is 19.4 Å².